The SMILES string of the molecule is CN1CC[C@@H](N(C)C(=O)Nc2cccc3[nH]ncc23)C1. The number of anilines is 1. The molecule has 1 atom stereocenters. The molecule has 0 bridgehead atoms. The summed E-state index contributed by atoms with van der Waals surface area (Å²) in [5.41, 5.74) is 1.71. The minimum Gasteiger partial charge on any atom is -0.323 e. The van der Waals surface area contributed by atoms with Crippen LogP contribution < -0.4 is 5.32 Å². The molecule has 1 aliphatic rings. The van der Waals surface area contributed by atoms with Crippen LogP contribution in [-0.2, 0) is 0 Å². The second-order valence-corrected chi connectivity index (χ2v) is 5.38. The topological polar surface area (TPSA) is 64.3 Å². The molecule has 2 amide bonds. The van der Waals surface area contributed by atoms with Crippen LogP contribution in [0.1, 0.15) is 6.42 Å². The Hall–Kier alpha value is -2.08. The van der Waals surface area contributed by atoms with Crippen LogP contribution in [0.3, 0.4) is 0 Å². The summed E-state index contributed by atoms with van der Waals surface area (Å²) in [6.07, 6.45) is 2.75. The van der Waals surface area contributed by atoms with Crippen molar-refractivity contribution in [3.63, 3.8) is 0 Å². The fourth-order valence-electron chi connectivity index (χ4n) is 2.67. The summed E-state index contributed by atoms with van der Waals surface area (Å²) in [4.78, 5) is 16.4. The average Bonchev–Trinajstić information content (AvgIpc) is 3.06. The van der Waals surface area contributed by atoms with Gasteiger partial charge in [0.25, 0.3) is 0 Å². The number of rotatable bonds is 2. The maximum absolute atomic E-state index is 12.3. The van der Waals surface area contributed by atoms with Gasteiger partial charge in [0, 0.05) is 25.0 Å². The van der Waals surface area contributed by atoms with Gasteiger partial charge in [0.1, 0.15) is 0 Å². The summed E-state index contributed by atoms with van der Waals surface area (Å²) in [6, 6.07) is 5.94. The standard InChI is InChI=1S/C14H19N5O/c1-18-7-6-10(9-18)19(2)14(20)16-12-4-3-5-13-11(12)8-15-17-13/h3-5,8,10H,6-7,9H2,1-2H3,(H,15,17)(H,16,20)/t10-/m1/s1. The van der Waals surface area contributed by atoms with Crippen LogP contribution in [0.4, 0.5) is 10.5 Å². The fraction of sp³-hybridized carbons (Fsp3) is 0.429. The number of likely N-dealkylation sites (tertiary alicyclic amines) is 1. The number of likely N-dealkylation sites (N-methyl/N-ethyl adjacent to an activating group) is 2. The maximum Gasteiger partial charge on any atom is 0.321 e. The van der Waals surface area contributed by atoms with E-state index >= 15 is 0 Å². The molecule has 20 heavy (non-hydrogen) atoms. The number of aromatic nitrogens is 2. The first-order valence-electron chi connectivity index (χ1n) is 6.79. The lowest BCUT2D eigenvalue weighted by Gasteiger charge is -2.24. The molecule has 6 heteroatoms. The van der Waals surface area contributed by atoms with E-state index in [4.69, 9.17) is 0 Å². The Labute approximate surface area is 117 Å². The Kier molecular flexibility index (Phi) is 3.31. The van der Waals surface area contributed by atoms with Crippen molar-refractivity contribution in [1.82, 2.24) is 20.0 Å². The molecular formula is C14H19N5O. The third-order valence-electron chi connectivity index (χ3n) is 3.96. The van der Waals surface area contributed by atoms with Gasteiger partial charge >= 0.3 is 6.03 Å². The van der Waals surface area contributed by atoms with E-state index in [1.54, 1.807) is 11.1 Å². The van der Waals surface area contributed by atoms with E-state index in [9.17, 15) is 4.79 Å². The molecule has 3 rings (SSSR count). The molecule has 1 aromatic heterocycles. The van der Waals surface area contributed by atoms with E-state index < -0.39 is 0 Å². The second kappa shape index (κ2) is 5.13. The summed E-state index contributed by atoms with van der Waals surface area (Å²) in [5.74, 6) is 0. The minimum atomic E-state index is -0.0704. The number of carbonyl (C=O) groups excluding carboxylic acids is 1. The van der Waals surface area contributed by atoms with Crippen LogP contribution >= 0.6 is 0 Å². The normalized spacial score (nSPS) is 19.4. The first kappa shape index (κ1) is 12.9. The summed E-state index contributed by atoms with van der Waals surface area (Å²) < 4.78 is 0. The minimum absolute atomic E-state index is 0.0704. The van der Waals surface area contributed by atoms with Crippen LogP contribution in [0.25, 0.3) is 10.9 Å². The zero-order valence-corrected chi connectivity index (χ0v) is 11.8. The van der Waals surface area contributed by atoms with Crippen molar-refractivity contribution in [3.05, 3.63) is 24.4 Å². The number of nitrogens with one attached hydrogen (secondary N) is 2. The summed E-state index contributed by atoms with van der Waals surface area (Å²) in [5, 5.41) is 10.8. The number of carbonyl (C=O) groups is 1. The van der Waals surface area contributed by atoms with E-state index in [1.165, 1.54) is 0 Å². The Morgan fingerprint density at radius 1 is 1.55 bits per heavy atom. The lowest BCUT2D eigenvalue weighted by Crippen LogP contribution is -2.41. The highest BCUT2D eigenvalue weighted by atomic mass is 16.2. The highest BCUT2D eigenvalue weighted by Gasteiger charge is 2.26. The number of fused-ring (bicyclic) bond motifs is 1. The van der Waals surface area contributed by atoms with E-state index in [-0.39, 0.29) is 12.1 Å². The third-order valence-corrected chi connectivity index (χ3v) is 3.96. The van der Waals surface area contributed by atoms with Gasteiger partial charge in [-0.3, -0.25) is 5.10 Å². The highest BCUT2D eigenvalue weighted by molar-refractivity contribution is 6.00. The molecule has 0 spiro atoms. The third kappa shape index (κ3) is 2.34. The lowest BCUT2D eigenvalue weighted by molar-refractivity contribution is 0.204. The average molecular weight is 273 g/mol. The number of hydrogen-bond acceptors (Lipinski definition) is 3. The summed E-state index contributed by atoms with van der Waals surface area (Å²) in [7, 11) is 3.94. The van der Waals surface area contributed by atoms with Crippen molar-refractivity contribution in [2.45, 2.75) is 12.5 Å². The highest BCUT2D eigenvalue weighted by Crippen LogP contribution is 2.22. The van der Waals surface area contributed by atoms with Crippen molar-refractivity contribution in [2.75, 3.05) is 32.5 Å². The molecule has 0 radical (unpaired) electrons. The van der Waals surface area contributed by atoms with Crippen LogP contribution in [0.5, 0.6) is 0 Å². The van der Waals surface area contributed by atoms with Crippen LogP contribution in [0.15, 0.2) is 24.4 Å². The van der Waals surface area contributed by atoms with Gasteiger partial charge in [-0.25, -0.2) is 4.79 Å². The Balaban J connectivity index is 1.74. The number of urea groups is 1. The van der Waals surface area contributed by atoms with E-state index in [0.29, 0.717) is 0 Å². The zero-order chi connectivity index (χ0) is 14.1. The van der Waals surface area contributed by atoms with E-state index in [1.807, 2.05) is 25.2 Å². The van der Waals surface area contributed by atoms with Gasteiger partial charge in [0.05, 0.1) is 17.4 Å². The molecule has 2 N–H and O–H groups in total. The van der Waals surface area contributed by atoms with Crippen molar-refractivity contribution < 1.29 is 4.79 Å². The van der Waals surface area contributed by atoms with Gasteiger partial charge in [0.2, 0.25) is 0 Å². The molecular weight excluding hydrogens is 254 g/mol. The monoisotopic (exact) mass is 273 g/mol. The molecule has 2 heterocycles. The van der Waals surface area contributed by atoms with Crippen LogP contribution in [0.2, 0.25) is 0 Å². The first-order valence-corrected chi connectivity index (χ1v) is 6.79. The van der Waals surface area contributed by atoms with Gasteiger partial charge in [-0.05, 0) is 32.1 Å². The smallest absolute Gasteiger partial charge is 0.321 e. The Bertz CT molecular complexity index is 623. The number of hydrogen-bond donors (Lipinski definition) is 2. The van der Waals surface area contributed by atoms with E-state index in [2.05, 4.69) is 27.5 Å². The second-order valence-electron chi connectivity index (χ2n) is 5.38. The number of H-pyrrole nitrogens is 1. The molecule has 1 saturated heterocycles. The molecule has 0 saturated carbocycles. The lowest BCUT2D eigenvalue weighted by atomic mass is 10.2. The Morgan fingerprint density at radius 3 is 3.15 bits per heavy atom. The molecule has 0 aliphatic carbocycles. The van der Waals surface area contributed by atoms with E-state index in [0.717, 1.165) is 36.1 Å². The summed E-state index contributed by atoms with van der Waals surface area (Å²) in [6.45, 7) is 1.97. The Morgan fingerprint density at radius 2 is 2.40 bits per heavy atom. The number of aromatic amines is 1. The number of nitrogens with zero attached hydrogens (tertiary/aromatic N) is 3. The molecule has 1 aliphatic heterocycles. The maximum atomic E-state index is 12.3. The quantitative estimate of drug-likeness (QED) is 0.876. The van der Waals surface area contributed by atoms with Gasteiger partial charge in [-0.15, -0.1) is 0 Å². The van der Waals surface area contributed by atoms with Crippen molar-refractivity contribution >= 4 is 22.6 Å². The molecule has 1 fully saturated rings. The fourth-order valence-corrected chi connectivity index (χ4v) is 2.67. The van der Waals surface area contributed by atoms with Gasteiger partial charge < -0.3 is 15.1 Å². The predicted molar refractivity (Wildman–Crippen MR) is 78.8 cm³/mol. The summed E-state index contributed by atoms with van der Waals surface area (Å²) >= 11 is 0. The van der Waals surface area contributed by atoms with Crippen LogP contribution in [0, 0.1) is 0 Å². The molecule has 2 aromatic rings. The van der Waals surface area contributed by atoms with Crippen molar-refractivity contribution in [1.29, 1.82) is 0 Å². The molecule has 1 aromatic carbocycles. The number of benzene rings is 1. The molecule has 6 nitrogen and oxygen atoms in total. The predicted octanol–water partition coefficient (Wildman–Crippen LogP) is 1.73. The van der Waals surface area contributed by atoms with Gasteiger partial charge in [-0.2, -0.15) is 5.10 Å². The van der Waals surface area contributed by atoms with Crippen molar-refractivity contribution in [3.8, 4) is 0 Å². The van der Waals surface area contributed by atoms with Crippen LogP contribution in [-0.4, -0.2) is 59.3 Å². The first-order chi connectivity index (χ1) is 9.65. The molecule has 0 unspecified atom stereocenters. The van der Waals surface area contributed by atoms with Gasteiger partial charge in [-0.1, -0.05) is 6.07 Å². The van der Waals surface area contributed by atoms with Gasteiger partial charge in [0.15, 0.2) is 0 Å². The largest absolute Gasteiger partial charge is 0.323 e. The molecule has 106 valence electrons. The number of amides is 2. The van der Waals surface area contributed by atoms with Crippen molar-refractivity contribution in [2.24, 2.45) is 0 Å². The zero-order valence-electron chi connectivity index (χ0n) is 11.8.